The van der Waals surface area contributed by atoms with Crippen molar-refractivity contribution >= 4 is 28.4 Å². The van der Waals surface area contributed by atoms with Crippen LogP contribution in [0, 0.1) is 0 Å². The standard InChI is InChI=1S/C22H21N3O2/c1-2-21(26)23-15-9-7-14(8-10-15)20-13-18(22(27)24-16-11-12-16)17-5-3-4-6-19(17)25-20/h3-10,13,16H,2,11-12H2,1H3,(H,23,26)(H,24,27). The van der Waals surface area contributed by atoms with Gasteiger partial charge in [0.05, 0.1) is 16.8 Å². The number of fused-ring (bicyclic) bond motifs is 1. The summed E-state index contributed by atoms with van der Waals surface area (Å²) >= 11 is 0. The Morgan fingerprint density at radius 1 is 1.07 bits per heavy atom. The van der Waals surface area contributed by atoms with Gasteiger partial charge in [-0.1, -0.05) is 37.3 Å². The fraction of sp³-hybridized carbons (Fsp3) is 0.227. The van der Waals surface area contributed by atoms with Crippen LogP contribution < -0.4 is 10.6 Å². The fourth-order valence-electron chi connectivity index (χ4n) is 2.98. The summed E-state index contributed by atoms with van der Waals surface area (Å²) < 4.78 is 0. The first-order valence-corrected chi connectivity index (χ1v) is 9.25. The molecular weight excluding hydrogens is 338 g/mol. The molecule has 1 aromatic heterocycles. The molecule has 1 aliphatic carbocycles. The fourth-order valence-corrected chi connectivity index (χ4v) is 2.98. The zero-order valence-electron chi connectivity index (χ0n) is 15.2. The first-order chi connectivity index (χ1) is 13.1. The van der Waals surface area contributed by atoms with Crippen LogP contribution in [0.15, 0.2) is 54.6 Å². The molecule has 0 atom stereocenters. The smallest absolute Gasteiger partial charge is 0.252 e. The van der Waals surface area contributed by atoms with Gasteiger partial charge in [0, 0.05) is 29.1 Å². The van der Waals surface area contributed by atoms with E-state index in [-0.39, 0.29) is 11.8 Å². The van der Waals surface area contributed by atoms with Crippen molar-refractivity contribution in [1.29, 1.82) is 0 Å². The van der Waals surface area contributed by atoms with E-state index in [0.29, 0.717) is 18.0 Å². The van der Waals surface area contributed by atoms with Gasteiger partial charge in [0.1, 0.15) is 0 Å². The van der Waals surface area contributed by atoms with E-state index >= 15 is 0 Å². The van der Waals surface area contributed by atoms with Crippen LogP contribution in [0.25, 0.3) is 22.2 Å². The van der Waals surface area contributed by atoms with E-state index in [1.54, 1.807) is 0 Å². The minimum atomic E-state index is -0.0517. The quantitative estimate of drug-likeness (QED) is 0.719. The van der Waals surface area contributed by atoms with Gasteiger partial charge in [-0.05, 0) is 37.1 Å². The average molecular weight is 359 g/mol. The molecule has 0 bridgehead atoms. The van der Waals surface area contributed by atoms with Gasteiger partial charge in [0.25, 0.3) is 5.91 Å². The molecule has 0 unspecified atom stereocenters. The molecule has 1 heterocycles. The lowest BCUT2D eigenvalue weighted by Gasteiger charge is -2.11. The summed E-state index contributed by atoms with van der Waals surface area (Å²) in [7, 11) is 0. The number of rotatable bonds is 5. The van der Waals surface area contributed by atoms with Gasteiger partial charge in [-0.2, -0.15) is 0 Å². The van der Waals surface area contributed by atoms with Crippen molar-refractivity contribution in [3.63, 3.8) is 0 Å². The Hall–Kier alpha value is -3.21. The third-order valence-electron chi connectivity index (χ3n) is 4.66. The number of carbonyl (C=O) groups is 2. The molecule has 5 heteroatoms. The number of hydrogen-bond donors (Lipinski definition) is 2. The number of nitrogens with one attached hydrogen (secondary N) is 2. The van der Waals surface area contributed by atoms with E-state index in [1.165, 1.54) is 0 Å². The summed E-state index contributed by atoms with van der Waals surface area (Å²) in [5, 5.41) is 6.75. The highest BCUT2D eigenvalue weighted by Gasteiger charge is 2.25. The number of hydrogen-bond acceptors (Lipinski definition) is 3. The van der Waals surface area contributed by atoms with Crippen LogP contribution in [-0.4, -0.2) is 22.8 Å². The maximum atomic E-state index is 12.7. The van der Waals surface area contributed by atoms with E-state index in [2.05, 4.69) is 10.6 Å². The maximum Gasteiger partial charge on any atom is 0.252 e. The Kier molecular flexibility index (Phi) is 4.59. The Morgan fingerprint density at radius 2 is 1.81 bits per heavy atom. The zero-order valence-corrected chi connectivity index (χ0v) is 15.2. The molecule has 0 aliphatic heterocycles. The molecule has 0 radical (unpaired) electrons. The minimum absolute atomic E-state index is 0.0226. The number of aromatic nitrogens is 1. The summed E-state index contributed by atoms with van der Waals surface area (Å²) in [4.78, 5) is 29.0. The third kappa shape index (κ3) is 3.82. The van der Waals surface area contributed by atoms with E-state index in [1.807, 2.05) is 61.5 Å². The van der Waals surface area contributed by atoms with Gasteiger partial charge in [-0.15, -0.1) is 0 Å². The van der Waals surface area contributed by atoms with Gasteiger partial charge in [0.2, 0.25) is 5.91 Å². The van der Waals surface area contributed by atoms with Crippen molar-refractivity contribution in [2.75, 3.05) is 5.32 Å². The Bertz CT molecular complexity index is 1010. The third-order valence-corrected chi connectivity index (χ3v) is 4.66. The summed E-state index contributed by atoms with van der Waals surface area (Å²) in [6.45, 7) is 1.82. The average Bonchev–Trinajstić information content (AvgIpc) is 3.51. The van der Waals surface area contributed by atoms with Gasteiger partial charge >= 0.3 is 0 Å². The van der Waals surface area contributed by atoms with Crippen LogP contribution in [0.3, 0.4) is 0 Å². The first kappa shape index (κ1) is 17.2. The van der Waals surface area contributed by atoms with Crippen molar-refractivity contribution in [3.05, 3.63) is 60.2 Å². The van der Waals surface area contributed by atoms with Crippen LogP contribution in [0.4, 0.5) is 5.69 Å². The first-order valence-electron chi connectivity index (χ1n) is 9.25. The topological polar surface area (TPSA) is 71.1 Å². The minimum Gasteiger partial charge on any atom is -0.349 e. The molecule has 136 valence electrons. The number of amides is 2. The maximum absolute atomic E-state index is 12.7. The molecule has 5 nitrogen and oxygen atoms in total. The summed E-state index contributed by atoms with van der Waals surface area (Å²) in [6, 6.07) is 17.4. The second kappa shape index (κ2) is 7.19. The van der Waals surface area contributed by atoms with E-state index in [0.717, 1.165) is 40.7 Å². The van der Waals surface area contributed by atoms with Gasteiger partial charge in [-0.3, -0.25) is 9.59 Å². The van der Waals surface area contributed by atoms with E-state index in [9.17, 15) is 9.59 Å². The van der Waals surface area contributed by atoms with Crippen LogP contribution in [-0.2, 0) is 4.79 Å². The highest BCUT2D eigenvalue weighted by molar-refractivity contribution is 6.07. The van der Waals surface area contributed by atoms with Crippen LogP contribution in [0.5, 0.6) is 0 Å². The lowest BCUT2D eigenvalue weighted by atomic mass is 10.0. The van der Waals surface area contributed by atoms with Crippen molar-refractivity contribution in [3.8, 4) is 11.3 Å². The molecule has 1 fully saturated rings. The van der Waals surface area contributed by atoms with Gasteiger partial charge in [-0.25, -0.2) is 4.98 Å². The number of para-hydroxylation sites is 1. The van der Waals surface area contributed by atoms with Crippen LogP contribution in [0.1, 0.15) is 36.5 Å². The van der Waals surface area contributed by atoms with Crippen molar-refractivity contribution < 1.29 is 9.59 Å². The number of nitrogens with zero attached hydrogens (tertiary/aromatic N) is 1. The molecule has 0 spiro atoms. The largest absolute Gasteiger partial charge is 0.349 e. The zero-order chi connectivity index (χ0) is 18.8. The molecule has 1 saturated carbocycles. The second-order valence-corrected chi connectivity index (χ2v) is 6.80. The van der Waals surface area contributed by atoms with Gasteiger partial charge < -0.3 is 10.6 Å². The highest BCUT2D eigenvalue weighted by Crippen LogP contribution is 2.27. The molecule has 27 heavy (non-hydrogen) atoms. The number of anilines is 1. The monoisotopic (exact) mass is 359 g/mol. The van der Waals surface area contributed by atoms with E-state index in [4.69, 9.17) is 4.98 Å². The Balaban J connectivity index is 1.71. The van der Waals surface area contributed by atoms with Crippen molar-refractivity contribution in [2.24, 2.45) is 0 Å². The summed E-state index contributed by atoms with van der Waals surface area (Å²) in [6.07, 6.45) is 2.53. The molecule has 1 aliphatic rings. The molecule has 4 rings (SSSR count). The number of carbonyl (C=O) groups excluding carboxylic acids is 2. The Morgan fingerprint density at radius 3 is 2.52 bits per heavy atom. The summed E-state index contributed by atoms with van der Waals surface area (Å²) in [5.74, 6) is -0.0743. The van der Waals surface area contributed by atoms with Gasteiger partial charge in [0.15, 0.2) is 0 Å². The number of pyridine rings is 1. The van der Waals surface area contributed by atoms with Crippen LogP contribution >= 0.6 is 0 Å². The lowest BCUT2D eigenvalue weighted by Crippen LogP contribution is -2.25. The molecule has 2 amide bonds. The van der Waals surface area contributed by atoms with E-state index < -0.39 is 0 Å². The lowest BCUT2D eigenvalue weighted by molar-refractivity contribution is -0.115. The molecule has 2 N–H and O–H groups in total. The molecule has 0 saturated heterocycles. The molecule has 2 aromatic carbocycles. The van der Waals surface area contributed by atoms with Crippen LogP contribution in [0.2, 0.25) is 0 Å². The highest BCUT2D eigenvalue weighted by atomic mass is 16.2. The Labute approximate surface area is 157 Å². The van der Waals surface area contributed by atoms with Crippen molar-refractivity contribution in [2.45, 2.75) is 32.2 Å². The normalized spacial score (nSPS) is 13.4. The molecule has 3 aromatic rings. The predicted molar refractivity (Wildman–Crippen MR) is 107 cm³/mol. The number of benzene rings is 2. The SMILES string of the molecule is CCC(=O)Nc1ccc(-c2cc(C(=O)NC3CC3)c3ccccc3n2)cc1. The molecular formula is C22H21N3O2. The predicted octanol–water partition coefficient (Wildman–Crippen LogP) is 4.14. The summed E-state index contributed by atoms with van der Waals surface area (Å²) in [5.41, 5.74) is 3.82. The van der Waals surface area contributed by atoms with Crippen molar-refractivity contribution in [1.82, 2.24) is 10.3 Å². The second-order valence-electron chi connectivity index (χ2n) is 6.80.